The predicted octanol–water partition coefficient (Wildman–Crippen LogP) is 4.08. The molecule has 3 aromatic rings. The van der Waals surface area contributed by atoms with Crippen molar-refractivity contribution in [1.82, 2.24) is 9.55 Å². The van der Waals surface area contributed by atoms with Gasteiger partial charge in [-0.25, -0.2) is 4.98 Å². The number of hydrogen-bond acceptors (Lipinski definition) is 2. The molecular formula is C14H11BrClN3. The summed E-state index contributed by atoms with van der Waals surface area (Å²) in [6.07, 6.45) is 0. The maximum Gasteiger partial charge on any atom is 0.201 e. The van der Waals surface area contributed by atoms with E-state index in [-0.39, 0.29) is 0 Å². The molecule has 0 saturated heterocycles. The van der Waals surface area contributed by atoms with E-state index in [1.54, 1.807) is 0 Å². The van der Waals surface area contributed by atoms with Crippen LogP contribution in [0.4, 0.5) is 5.95 Å². The van der Waals surface area contributed by atoms with Gasteiger partial charge in [0.1, 0.15) is 0 Å². The Morgan fingerprint density at radius 1 is 1.21 bits per heavy atom. The lowest BCUT2D eigenvalue weighted by atomic mass is 10.2. The number of fused-ring (bicyclic) bond motifs is 1. The molecule has 5 heteroatoms. The Hall–Kier alpha value is -1.52. The Morgan fingerprint density at radius 2 is 2.00 bits per heavy atom. The molecule has 3 nitrogen and oxygen atoms in total. The van der Waals surface area contributed by atoms with Crippen LogP contribution in [0.1, 0.15) is 5.56 Å². The van der Waals surface area contributed by atoms with Gasteiger partial charge in [0, 0.05) is 9.50 Å². The highest BCUT2D eigenvalue weighted by atomic mass is 79.9. The highest BCUT2D eigenvalue weighted by Gasteiger charge is 2.10. The highest BCUT2D eigenvalue weighted by molar-refractivity contribution is 9.10. The van der Waals surface area contributed by atoms with Gasteiger partial charge in [0.05, 0.1) is 17.6 Å². The van der Waals surface area contributed by atoms with Crippen LogP contribution in [0.5, 0.6) is 0 Å². The second-order valence-electron chi connectivity index (χ2n) is 4.28. The zero-order valence-corrected chi connectivity index (χ0v) is 12.3. The first kappa shape index (κ1) is 12.5. The minimum atomic E-state index is 0.494. The molecule has 0 saturated carbocycles. The number of imidazole rings is 1. The quantitative estimate of drug-likeness (QED) is 0.766. The zero-order valence-electron chi connectivity index (χ0n) is 9.98. The largest absolute Gasteiger partial charge is 0.369 e. The van der Waals surface area contributed by atoms with Gasteiger partial charge >= 0.3 is 0 Å². The van der Waals surface area contributed by atoms with Crippen molar-refractivity contribution in [3.8, 4) is 0 Å². The molecule has 1 aromatic heterocycles. The predicted molar refractivity (Wildman–Crippen MR) is 82.4 cm³/mol. The van der Waals surface area contributed by atoms with Crippen LogP contribution in [0, 0.1) is 0 Å². The van der Waals surface area contributed by atoms with Crippen LogP contribution in [-0.2, 0) is 6.54 Å². The number of halogens is 2. The lowest BCUT2D eigenvalue weighted by Gasteiger charge is -2.08. The van der Waals surface area contributed by atoms with Gasteiger partial charge in [-0.2, -0.15) is 0 Å². The number of nitrogen functional groups attached to an aromatic ring is 1. The molecule has 1 heterocycles. The highest BCUT2D eigenvalue weighted by Crippen LogP contribution is 2.25. The van der Waals surface area contributed by atoms with E-state index >= 15 is 0 Å². The number of aromatic nitrogens is 2. The number of benzene rings is 2. The molecule has 0 fully saturated rings. The van der Waals surface area contributed by atoms with Crippen LogP contribution in [-0.4, -0.2) is 9.55 Å². The van der Waals surface area contributed by atoms with Gasteiger partial charge in [0.25, 0.3) is 0 Å². The SMILES string of the molecule is Nc1nc2ccc(Br)cc2n1Cc1ccccc1Cl. The standard InChI is InChI=1S/C14H11BrClN3/c15-10-5-6-12-13(7-10)19(14(17)18-12)8-9-3-1-2-4-11(9)16/h1-7H,8H2,(H2,17,18). The van der Waals surface area contributed by atoms with E-state index in [9.17, 15) is 0 Å². The van der Waals surface area contributed by atoms with E-state index in [1.807, 2.05) is 47.0 Å². The van der Waals surface area contributed by atoms with E-state index < -0.39 is 0 Å². The molecule has 2 N–H and O–H groups in total. The van der Waals surface area contributed by atoms with Crippen molar-refractivity contribution in [2.45, 2.75) is 6.54 Å². The number of nitrogens with two attached hydrogens (primary N) is 1. The second-order valence-corrected chi connectivity index (χ2v) is 5.60. The van der Waals surface area contributed by atoms with Crippen LogP contribution < -0.4 is 5.73 Å². The monoisotopic (exact) mass is 335 g/mol. The molecule has 0 bridgehead atoms. The molecule has 0 aliphatic carbocycles. The first-order valence-corrected chi connectivity index (χ1v) is 6.97. The van der Waals surface area contributed by atoms with Crippen molar-refractivity contribution in [3.05, 3.63) is 57.5 Å². The number of nitrogens with zero attached hydrogens (tertiary/aromatic N) is 2. The van der Waals surface area contributed by atoms with Gasteiger partial charge in [0.15, 0.2) is 0 Å². The summed E-state index contributed by atoms with van der Waals surface area (Å²) in [5, 5.41) is 0.735. The molecule has 0 atom stereocenters. The van der Waals surface area contributed by atoms with Crippen molar-refractivity contribution in [1.29, 1.82) is 0 Å². The van der Waals surface area contributed by atoms with Gasteiger partial charge in [0.2, 0.25) is 5.95 Å². The third-order valence-corrected chi connectivity index (χ3v) is 3.89. The summed E-state index contributed by atoms with van der Waals surface area (Å²) in [5.41, 5.74) is 8.89. The van der Waals surface area contributed by atoms with Crippen molar-refractivity contribution >= 4 is 44.5 Å². The van der Waals surface area contributed by atoms with Gasteiger partial charge in [-0.15, -0.1) is 0 Å². The van der Waals surface area contributed by atoms with Crippen LogP contribution in [0.3, 0.4) is 0 Å². The molecule has 3 rings (SSSR count). The maximum atomic E-state index is 6.19. The summed E-state index contributed by atoms with van der Waals surface area (Å²) >= 11 is 9.66. The van der Waals surface area contributed by atoms with Crippen molar-refractivity contribution < 1.29 is 0 Å². The Labute approximate surface area is 124 Å². The van der Waals surface area contributed by atoms with Gasteiger partial charge in [-0.05, 0) is 29.8 Å². The molecule has 0 unspecified atom stereocenters. The molecule has 0 aliphatic heterocycles. The lowest BCUT2D eigenvalue weighted by Crippen LogP contribution is -2.04. The molecule has 96 valence electrons. The average Bonchev–Trinajstić information content (AvgIpc) is 2.69. The van der Waals surface area contributed by atoms with Crippen LogP contribution in [0.15, 0.2) is 46.9 Å². The first-order valence-electron chi connectivity index (χ1n) is 5.80. The molecule has 2 aromatic carbocycles. The van der Waals surface area contributed by atoms with E-state index in [2.05, 4.69) is 20.9 Å². The summed E-state index contributed by atoms with van der Waals surface area (Å²) < 4.78 is 2.96. The molecule has 0 aliphatic rings. The second kappa shape index (κ2) is 4.87. The zero-order chi connectivity index (χ0) is 13.4. The van der Waals surface area contributed by atoms with E-state index in [4.69, 9.17) is 17.3 Å². The molecule has 0 spiro atoms. The summed E-state index contributed by atoms with van der Waals surface area (Å²) in [4.78, 5) is 4.36. The smallest absolute Gasteiger partial charge is 0.201 e. The fraction of sp³-hybridized carbons (Fsp3) is 0.0714. The third-order valence-electron chi connectivity index (χ3n) is 3.03. The van der Waals surface area contributed by atoms with Crippen LogP contribution >= 0.6 is 27.5 Å². The fourth-order valence-electron chi connectivity index (χ4n) is 2.08. The van der Waals surface area contributed by atoms with Crippen molar-refractivity contribution in [2.75, 3.05) is 5.73 Å². The Bertz CT molecular complexity index is 752. The van der Waals surface area contributed by atoms with E-state index in [0.717, 1.165) is 26.1 Å². The van der Waals surface area contributed by atoms with Crippen LogP contribution in [0.25, 0.3) is 11.0 Å². The summed E-state index contributed by atoms with van der Waals surface area (Å²) in [5.74, 6) is 0.494. The Morgan fingerprint density at radius 3 is 2.79 bits per heavy atom. The van der Waals surface area contributed by atoms with E-state index in [1.165, 1.54) is 0 Å². The molecule has 0 amide bonds. The number of rotatable bonds is 2. The fourth-order valence-corrected chi connectivity index (χ4v) is 2.62. The maximum absolute atomic E-state index is 6.19. The normalized spacial score (nSPS) is 11.1. The molecule has 19 heavy (non-hydrogen) atoms. The average molecular weight is 337 g/mol. The lowest BCUT2D eigenvalue weighted by molar-refractivity contribution is 0.838. The minimum Gasteiger partial charge on any atom is -0.369 e. The number of anilines is 1. The Balaban J connectivity index is 2.12. The summed E-state index contributed by atoms with van der Waals surface area (Å²) in [7, 11) is 0. The van der Waals surface area contributed by atoms with Gasteiger partial charge in [-0.1, -0.05) is 45.7 Å². The van der Waals surface area contributed by atoms with Gasteiger partial charge < -0.3 is 10.3 Å². The molecular weight excluding hydrogens is 326 g/mol. The van der Waals surface area contributed by atoms with E-state index in [0.29, 0.717) is 12.5 Å². The van der Waals surface area contributed by atoms with Crippen molar-refractivity contribution in [3.63, 3.8) is 0 Å². The Kier molecular flexibility index (Phi) is 3.21. The van der Waals surface area contributed by atoms with Gasteiger partial charge in [-0.3, -0.25) is 0 Å². The number of hydrogen-bond donors (Lipinski definition) is 1. The minimum absolute atomic E-state index is 0.494. The van der Waals surface area contributed by atoms with Crippen LogP contribution in [0.2, 0.25) is 5.02 Å². The molecule has 0 radical (unpaired) electrons. The topological polar surface area (TPSA) is 43.8 Å². The first-order chi connectivity index (χ1) is 9.15. The van der Waals surface area contributed by atoms with Crippen molar-refractivity contribution in [2.24, 2.45) is 0 Å². The summed E-state index contributed by atoms with van der Waals surface area (Å²) in [6, 6.07) is 13.7. The third kappa shape index (κ3) is 2.33. The summed E-state index contributed by atoms with van der Waals surface area (Å²) in [6.45, 7) is 0.610.